The molecule has 1 aliphatic rings. The third-order valence-electron chi connectivity index (χ3n) is 3.64. The monoisotopic (exact) mass is 267 g/mol. The van der Waals surface area contributed by atoms with Gasteiger partial charge in [0.15, 0.2) is 0 Å². The van der Waals surface area contributed by atoms with Crippen LogP contribution >= 0.6 is 11.6 Å². The van der Waals surface area contributed by atoms with Crippen LogP contribution in [0.25, 0.3) is 0 Å². The van der Waals surface area contributed by atoms with Crippen LogP contribution in [0.4, 0.5) is 5.69 Å². The number of nitrogens with zero attached hydrogens (tertiary/aromatic N) is 2. The Morgan fingerprint density at radius 3 is 2.50 bits per heavy atom. The van der Waals surface area contributed by atoms with Crippen molar-refractivity contribution in [1.29, 1.82) is 0 Å². The molecule has 18 heavy (non-hydrogen) atoms. The van der Waals surface area contributed by atoms with Crippen molar-refractivity contribution in [2.45, 2.75) is 26.4 Å². The average Bonchev–Trinajstić information content (AvgIpc) is 2.34. The summed E-state index contributed by atoms with van der Waals surface area (Å²) in [5.41, 5.74) is 7.96. The molecule has 4 heteroatoms. The van der Waals surface area contributed by atoms with Gasteiger partial charge in [-0.25, -0.2) is 0 Å². The van der Waals surface area contributed by atoms with Crippen LogP contribution in [-0.2, 0) is 6.54 Å². The van der Waals surface area contributed by atoms with E-state index in [1.54, 1.807) is 0 Å². The molecule has 2 N–H and O–H groups in total. The molecule has 0 spiro atoms. The van der Waals surface area contributed by atoms with E-state index in [0.717, 1.165) is 49.0 Å². The zero-order valence-electron chi connectivity index (χ0n) is 11.2. The van der Waals surface area contributed by atoms with Crippen molar-refractivity contribution in [2.24, 2.45) is 0 Å². The van der Waals surface area contributed by atoms with Crippen LogP contribution in [0.1, 0.15) is 19.4 Å². The number of nitrogens with two attached hydrogens (primary N) is 1. The Labute approximate surface area is 115 Å². The van der Waals surface area contributed by atoms with Gasteiger partial charge in [0.1, 0.15) is 0 Å². The van der Waals surface area contributed by atoms with Gasteiger partial charge in [-0.05, 0) is 37.6 Å². The third kappa shape index (κ3) is 3.37. The molecule has 1 heterocycles. The molecule has 1 saturated heterocycles. The lowest BCUT2D eigenvalue weighted by molar-refractivity contribution is 0.104. The molecule has 1 aromatic rings. The fraction of sp³-hybridized carbons (Fsp3) is 0.571. The molecule has 1 aliphatic heterocycles. The van der Waals surface area contributed by atoms with Crippen molar-refractivity contribution in [3.63, 3.8) is 0 Å². The first-order valence-corrected chi connectivity index (χ1v) is 6.94. The predicted molar refractivity (Wildman–Crippen MR) is 77.9 cm³/mol. The molecule has 0 aliphatic carbocycles. The largest absolute Gasteiger partial charge is 0.398 e. The summed E-state index contributed by atoms with van der Waals surface area (Å²) >= 11 is 6.02. The van der Waals surface area contributed by atoms with Gasteiger partial charge < -0.3 is 5.73 Å². The van der Waals surface area contributed by atoms with Gasteiger partial charge in [-0.15, -0.1) is 0 Å². The second kappa shape index (κ2) is 5.91. The van der Waals surface area contributed by atoms with Crippen LogP contribution in [0, 0.1) is 0 Å². The highest BCUT2D eigenvalue weighted by molar-refractivity contribution is 6.30. The summed E-state index contributed by atoms with van der Waals surface area (Å²) in [6, 6.07) is 6.36. The molecule has 0 amide bonds. The SMILES string of the molecule is CC(C)N1CCN(Cc2cc(Cl)ccc2N)CC1. The number of nitrogen functional groups attached to an aromatic ring is 1. The summed E-state index contributed by atoms with van der Waals surface area (Å²) < 4.78 is 0. The smallest absolute Gasteiger partial charge is 0.0410 e. The minimum absolute atomic E-state index is 0.642. The highest BCUT2D eigenvalue weighted by Crippen LogP contribution is 2.20. The van der Waals surface area contributed by atoms with Gasteiger partial charge in [0.05, 0.1) is 0 Å². The predicted octanol–water partition coefficient (Wildman–Crippen LogP) is 2.45. The number of benzene rings is 1. The molecule has 1 aromatic carbocycles. The molecule has 0 radical (unpaired) electrons. The van der Waals surface area contributed by atoms with Crippen molar-refractivity contribution in [2.75, 3.05) is 31.9 Å². The van der Waals surface area contributed by atoms with Crippen molar-refractivity contribution in [3.8, 4) is 0 Å². The summed E-state index contributed by atoms with van der Waals surface area (Å²) in [5, 5.41) is 0.764. The highest BCUT2D eigenvalue weighted by Gasteiger charge is 2.19. The topological polar surface area (TPSA) is 32.5 Å². The fourth-order valence-electron chi connectivity index (χ4n) is 2.39. The summed E-state index contributed by atoms with van der Waals surface area (Å²) in [5.74, 6) is 0. The zero-order valence-corrected chi connectivity index (χ0v) is 12.0. The zero-order chi connectivity index (χ0) is 13.1. The van der Waals surface area contributed by atoms with Crippen LogP contribution in [0.5, 0.6) is 0 Å². The minimum Gasteiger partial charge on any atom is -0.398 e. The second-order valence-corrected chi connectivity index (χ2v) is 5.69. The summed E-state index contributed by atoms with van der Waals surface area (Å²) in [6.07, 6.45) is 0. The molecule has 3 nitrogen and oxygen atoms in total. The summed E-state index contributed by atoms with van der Waals surface area (Å²) in [4.78, 5) is 4.96. The van der Waals surface area contributed by atoms with Gasteiger partial charge in [-0.3, -0.25) is 9.80 Å². The van der Waals surface area contributed by atoms with Gasteiger partial charge in [0.25, 0.3) is 0 Å². The fourth-order valence-corrected chi connectivity index (χ4v) is 2.58. The second-order valence-electron chi connectivity index (χ2n) is 5.25. The molecule has 0 unspecified atom stereocenters. The molecule has 0 bridgehead atoms. The maximum atomic E-state index is 6.02. The molecule has 0 saturated carbocycles. The quantitative estimate of drug-likeness (QED) is 0.854. The van der Waals surface area contributed by atoms with Gasteiger partial charge in [0.2, 0.25) is 0 Å². The third-order valence-corrected chi connectivity index (χ3v) is 3.87. The lowest BCUT2D eigenvalue weighted by atomic mass is 10.1. The molecule has 1 fully saturated rings. The summed E-state index contributed by atoms with van der Waals surface area (Å²) in [7, 11) is 0. The molecule has 0 atom stereocenters. The van der Waals surface area contributed by atoms with Crippen LogP contribution in [-0.4, -0.2) is 42.0 Å². The van der Waals surface area contributed by atoms with Crippen molar-refractivity contribution >= 4 is 17.3 Å². The molecule has 0 aromatic heterocycles. The standard InChI is InChI=1S/C14H22ClN3/c1-11(2)18-7-5-17(6-8-18)10-12-9-13(15)3-4-14(12)16/h3-4,9,11H,5-8,10,16H2,1-2H3. The van der Waals surface area contributed by atoms with E-state index in [1.165, 1.54) is 0 Å². The van der Waals surface area contributed by atoms with Crippen molar-refractivity contribution in [1.82, 2.24) is 9.80 Å². The number of halogens is 1. The number of anilines is 1. The molecule has 2 rings (SSSR count). The Hall–Kier alpha value is -0.770. The van der Waals surface area contributed by atoms with E-state index in [4.69, 9.17) is 17.3 Å². The van der Waals surface area contributed by atoms with Crippen LogP contribution < -0.4 is 5.73 Å². The maximum absolute atomic E-state index is 6.02. The van der Waals surface area contributed by atoms with Gasteiger partial charge >= 0.3 is 0 Å². The normalized spacial score (nSPS) is 18.4. The van der Waals surface area contributed by atoms with E-state index < -0.39 is 0 Å². The number of piperazine rings is 1. The maximum Gasteiger partial charge on any atom is 0.0410 e. The number of hydrogen-bond acceptors (Lipinski definition) is 3. The minimum atomic E-state index is 0.642. The van der Waals surface area contributed by atoms with Gasteiger partial charge in [0, 0.05) is 49.5 Å². The van der Waals surface area contributed by atoms with Crippen LogP contribution in [0.15, 0.2) is 18.2 Å². The number of rotatable bonds is 3. The molecular formula is C14H22ClN3. The first-order valence-electron chi connectivity index (χ1n) is 6.56. The lowest BCUT2D eigenvalue weighted by Gasteiger charge is -2.37. The van der Waals surface area contributed by atoms with Crippen molar-refractivity contribution in [3.05, 3.63) is 28.8 Å². The van der Waals surface area contributed by atoms with E-state index in [-0.39, 0.29) is 0 Å². The summed E-state index contributed by atoms with van der Waals surface area (Å²) in [6.45, 7) is 9.89. The molecular weight excluding hydrogens is 246 g/mol. The Morgan fingerprint density at radius 2 is 1.89 bits per heavy atom. The van der Waals surface area contributed by atoms with E-state index in [0.29, 0.717) is 6.04 Å². The van der Waals surface area contributed by atoms with Gasteiger partial charge in [-0.1, -0.05) is 11.6 Å². The number of hydrogen-bond donors (Lipinski definition) is 1. The van der Waals surface area contributed by atoms with Crippen LogP contribution in [0.3, 0.4) is 0 Å². The van der Waals surface area contributed by atoms with E-state index >= 15 is 0 Å². The first-order chi connectivity index (χ1) is 8.56. The highest BCUT2D eigenvalue weighted by atomic mass is 35.5. The van der Waals surface area contributed by atoms with Gasteiger partial charge in [-0.2, -0.15) is 0 Å². The Bertz CT molecular complexity index is 398. The van der Waals surface area contributed by atoms with E-state index in [2.05, 4.69) is 23.6 Å². The van der Waals surface area contributed by atoms with E-state index in [1.807, 2.05) is 18.2 Å². The average molecular weight is 268 g/mol. The van der Waals surface area contributed by atoms with Crippen LogP contribution in [0.2, 0.25) is 5.02 Å². The first kappa shape index (κ1) is 13.7. The Balaban J connectivity index is 1.93. The van der Waals surface area contributed by atoms with E-state index in [9.17, 15) is 0 Å². The molecule has 100 valence electrons. The Morgan fingerprint density at radius 1 is 1.22 bits per heavy atom. The lowest BCUT2D eigenvalue weighted by Crippen LogP contribution is -2.48. The Kier molecular flexibility index (Phi) is 4.49. The van der Waals surface area contributed by atoms with Crippen molar-refractivity contribution < 1.29 is 0 Å².